The summed E-state index contributed by atoms with van der Waals surface area (Å²) in [4.78, 5) is 19.9. The predicted octanol–water partition coefficient (Wildman–Crippen LogP) is 3.47. The number of carbonyl (C=O) groups excluding carboxylic acids is 1. The maximum atomic E-state index is 12.9. The number of hydrogen-bond donors (Lipinski definition) is 1. The summed E-state index contributed by atoms with van der Waals surface area (Å²) in [6.07, 6.45) is 0. The minimum absolute atomic E-state index is 0.0266. The van der Waals surface area contributed by atoms with Gasteiger partial charge in [-0.1, -0.05) is 56.3 Å². The van der Waals surface area contributed by atoms with E-state index in [2.05, 4.69) is 24.1 Å². The molecule has 0 radical (unpaired) electrons. The molecule has 1 amide bonds. The third-order valence-electron chi connectivity index (χ3n) is 4.16. The van der Waals surface area contributed by atoms with E-state index >= 15 is 0 Å². The number of nitrogens with zero attached hydrogens (tertiary/aromatic N) is 2. The predicted molar refractivity (Wildman–Crippen MR) is 94.4 cm³/mol. The first kappa shape index (κ1) is 15.4. The molecular formula is C19H21N3O. The lowest BCUT2D eigenvalue weighted by atomic mass is 10.0. The normalized spacial score (nSPS) is 17.3. The van der Waals surface area contributed by atoms with Crippen molar-refractivity contribution in [1.29, 1.82) is 0 Å². The van der Waals surface area contributed by atoms with Gasteiger partial charge < -0.3 is 5.32 Å². The van der Waals surface area contributed by atoms with Crippen LogP contribution < -0.4 is 5.32 Å². The van der Waals surface area contributed by atoms with Gasteiger partial charge in [0, 0.05) is 0 Å². The highest BCUT2D eigenvalue weighted by Gasteiger charge is 2.32. The van der Waals surface area contributed by atoms with Crippen LogP contribution in [-0.4, -0.2) is 35.7 Å². The molecule has 0 saturated carbocycles. The number of hydrogen-bond acceptors (Lipinski definition) is 3. The molecule has 0 saturated heterocycles. The molecule has 2 aromatic rings. The summed E-state index contributed by atoms with van der Waals surface area (Å²) in [7, 11) is 0. The highest BCUT2D eigenvalue weighted by Crippen LogP contribution is 2.29. The van der Waals surface area contributed by atoms with Crippen LogP contribution in [0, 0.1) is 0 Å². The number of carbonyl (C=O) groups is 1. The Kier molecular flexibility index (Phi) is 4.53. The number of nitrogens with one attached hydrogen (secondary N) is 1. The van der Waals surface area contributed by atoms with Crippen LogP contribution in [0.3, 0.4) is 0 Å². The maximum Gasteiger partial charge on any atom is 0.248 e. The van der Waals surface area contributed by atoms with Crippen LogP contribution in [0.1, 0.15) is 19.4 Å². The van der Waals surface area contributed by atoms with E-state index in [0.717, 1.165) is 35.7 Å². The molecule has 0 spiro atoms. The van der Waals surface area contributed by atoms with Crippen molar-refractivity contribution in [1.82, 2.24) is 4.90 Å². The van der Waals surface area contributed by atoms with Crippen LogP contribution in [0.15, 0.2) is 59.6 Å². The molecule has 4 heteroatoms. The SMILES string of the molecule is CCN(CC)C1C(=O)Nc2ccccc2N=C1c1ccccc1. The Bertz CT molecular complexity index is 720. The van der Waals surface area contributed by atoms with E-state index in [0.29, 0.717) is 0 Å². The Morgan fingerprint density at radius 2 is 1.65 bits per heavy atom. The molecule has 0 fully saturated rings. The molecule has 1 aliphatic heterocycles. The van der Waals surface area contributed by atoms with Gasteiger partial charge in [-0.25, -0.2) is 4.99 Å². The lowest BCUT2D eigenvalue weighted by molar-refractivity contribution is -0.119. The molecule has 1 atom stereocenters. The zero-order chi connectivity index (χ0) is 16.2. The summed E-state index contributed by atoms with van der Waals surface area (Å²) in [5, 5.41) is 3.03. The second-order valence-corrected chi connectivity index (χ2v) is 5.49. The fourth-order valence-corrected chi connectivity index (χ4v) is 2.95. The van der Waals surface area contributed by atoms with Crippen molar-refractivity contribution in [2.45, 2.75) is 19.9 Å². The molecule has 1 aliphatic rings. The van der Waals surface area contributed by atoms with Crippen LogP contribution in [0.25, 0.3) is 0 Å². The summed E-state index contributed by atoms with van der Waals surface area (Å²) >= 11 is 0. The topological polar surface area (TPSA) is 44.7 Å². The maximum absolute atomic E-state index is 12.9. The summed E-state index contributed by atoms with van der Waals surface area (Å²) < 4.78 is 0. The lowest BCUT2D eigenvalue weighted by Crippen LogP contribution is -2.48. The Labute approximate surface area is 136 Å². The van der Waals surface area contributed by atoms with Gasteiger partial charge in [0.25, 0.3) is 0 Å². The van der Waals surface area contributed by atoms with Gasteiger partial charge in [-0.05, 0) is 30.8 Å². The number of aliphatic imine (C=N–C) groups is 1. The first-order valence-electron chi connectivity index (χ1n) is 8.02. The summed E-state index contributed by atoms with van der Waals surface area (Å²) in [5.41, 5.74) is 3.35. The van der Waals surface area contributed by atoms with Crippen molar-refractivity contribution >= 4 is 23.0 Å². The number of anilines is 1. The fraction of sp³-hybridized carbons (Fsp3) is 0.263. The molecule has 0 aromatic heterocycles. The van der Waals surface area contributed by atoms with Crippen molar-refractivity contribution in [3.8, 4) is 0 Å². The minimum Gasteiger partial charge on any atom is -0.322 e. The van der Waals surface area contributed by atoms with Gasteiger partial charge in [0.05, 0.1) is 17.1 Å². The number of fused-ring (bicyclic) bond motifs is 1. The van der Waals surface area contributed by atoms with Gasteiger partial charge in [0.2, 0.25) is 5.91 Å². The molecule has 0 bridgehead atoms. The summed E-state index contributed by atoms with van der Waals surface area (Å²) in [6.45, 7) is 5.71. The van der Waals surface area contributed by atoms with E-state index in [4.69, 9.17) is 4.99 Å². The smallest absolute Gasteiger partial charge is 0.248 e. The molecule has 3 rings (SSSR count). The zero-order valence-corrected chi connectivity index (χ0v) is 13.5. The fourth-order valence-electron chi connectivity index (χ4n) is 2.95. The second kappa shape index (κ2) is 6.75. The molecule has 23 heavy (non-hydrogen) atoms. The molecule has 1 unspecified atom stereocenters. The number of amides is 1. The molecule has 4 nitrogen and oxygen atoms in total. The van der Waals surface area contributed by atoms with E-state index < -0.39 is 0 Å². The molecule has 1 heterocycles. The lowest BCUT2D eigenvalue weighted by Gasteiger charge is -2.28. The van der Waals surface area contributed by atoms with Gasteiger partial charge in [-0.15, -0.1) is 0 Å². The number of rotatable bonds is 4. The average Bonchev–Trinajstić information content (AvgIpc) is 2.74. The first-order chi connectivity index (χ1) is 11.2. The van der Waals surface area contributed by atoms with Crippen LogP contribution in [0.4, 0.5) is 11.4 Å². The van der Waals surface area contributed by atoms with Crippen molar-refractivity contribution in [2.75, 3.05) is 18.4 Å². The van der Waals surface area contributed by atoms with Crippen molar-refractivity contribution in [2.24, 2.45) is 4.99 Å². The van der Waals surface area contributed by atoms with E-state index in [1.54, 1.807) is 0 Å². The number of para-hydroxylation sites is 2. The molecule has 118 valence electrons. The van der Waals surface area contributed by atoms with Gasteiger partial charge in [-0.2, -0.15) is 0 Å². The van der Waals surface area contributed by atoms with Crippen LogP contribution in [-0.2, 0) is 4.79 Å². The van der Waals surface area contributed by atoms with Crippen LogP contribution >= 0.6 is 0 Å². The first-order valence-corrected chi connectivity index (χ1v) is 8.02. The highest BCUT2D eigenvalue weighted by molar-refractivity contribution is 6.22. The van der Waals surface area contributed by atoms with Crippen molar-refractivity contribution in [3.05, 3.63) is 60.2 Å². The third kappa shape index (κ3) is 3.03. The van der Waals surface area contributed by atoms with Gasteiger partial charge in [-0.3, -0.25) is 9.69 Å². The Hall–Kier alpha value is -2.46. The minimum atomic E-state index is -0.389. The van der Waals surface area contributed by atoms with Crippen LogP contribution in [0.5, 0.6) is 0 Å². The third-order valence-corrected chi connectivity index (χ3v) is 4.16. The molecule has 2 aromatic carbocycles. The Balaban J connectivity index is 2.17. The van der Waals surface area contributed by atoms with Gasteiger partial charge >= 0.3 is 0 Å². The van der Waals surface area contributed by atoms with E-state index in [1.165, 1.54) is 0 Å². The standard InChI is InChI=1S/C19H21N3O/c1-3-22(4-2)18-17(14-10-6-5-7-11-14)20-15-12-8-9-13-16(15)21-19(18)23/h5-13,18H,3-4H2,1-2H3,(H,21,23). The highest BCUT2D eigenvalue weighted by atomic mass is 16.2. The average molecular weight is 307 g/mol. The summed E-state index contributed by atoms with van der Waals surface area (Å²) in [5.74, 6) is -0.0266. The zero-order valence-electron chi connectivity index (χ0n) is 13.5. The largest absolute Gasteiger partial charge is 0.322 e. The summed E-state index contributed by atoms with van der Waals surface area (Å²) in [6, 6.07) is 17.2. The molecular weight excluding hydrogens is 286 g/mol. The van der Waals surface area contributed by atoms with Crippen molar-refractivity contribution in [3.63, 3.8) is 0 Å². The molecule has 1 N–H and O–H groups in total. The second-order valence-electron chi connectivity index (χ2n) is 5.49. The monoisotopic (exact) mass is 307 g/mol. The van der Waals surface area contributed by atoms with E-state index in [1.807, 2.05) is 54.6 Å². The van der Waals surface area contributed by atoms with Gasteiger partial charge in [0.15, 0.2) is 0 Å². The Morgan fingerprint density at radius 3 is 2.35 bits per heavy atom. The number of likely N-dealkylation sites (N-methyl/N-ethyl adjacent to an activating group) is 1. The number of benzene rings is 2. The van der Waals surface area contributed by atoms with Gasteiger partial charge in [0.1, 0.15) is 6.04 Å². The molecule has 0 aliphatic carbocycles. The van der Waals surface area contributed by atoms with Crippen molar-refractivity contribution < 1.29 is 4.79 Å². The van der Waals surface area contributed by atoms with E-state index in [-0.39, 0.29) is 11.9 Å². The van der Waals surface area contributed by atoms with E-state index in [9.17, 15) is 4.79 Å². The van der Waals surface area contributed by atoms with Crippen LogP contribution in [0.2, 0.25) is 0 Å². The Morgan fingerprint density at radius 1 is 1.00 bits per heavy atom. The quantitative estimate of drug-likeness (QED) is 0.940.